The second-order valence-electron chi connectivity index (χ2n) is 4.24. The smallest absolute Gasteiger partial charge is 0.265 e. The number of aromatic nitrogens is 1. The van der Waals surface area contributed by atoms with Crippen LogP contribution in [0.1, 0.15) is 28.2 Å². The van der Waals surface area contributed by atoms with Gasteiger partial charge in [0.2, 0.25) is 0 Å². The first-order valence-corrected chi connectivity index (χ1v) is 6.49. The number of rotatable bonds is 2. The van der Waals surface area contributed by atoms with Crippen molar-refractivity contribution in [3.05, 3.63) is 16.1 Å². The maximum Gasteiger partial charge on any atom is 0.265 e. The van der Waals surface area contributed by atoms with Gasteiger partial charge in [0.1, 0.15) is 4.88 Å². The highest BCUT2D eigenvalue weighted by Gasteiger charge is 2.24. The van der Waals surface area contributed by atoms with E-state index in [2.05, 4.69) is 4.98 Å². The molecular weight excluding hydrogens is 222 g/mol. The fourth-order valence-corrected chi connectivity index (χ4v) is 2.79. The Morgan fingerprint density at radius 2 is 2.31 bits per heavy atom. The number of carbonyl (C=O) groups excluding carboxylic acids is 1. The van der Waals surface area contributed by atoms with E-state index < -0.39 is 0 Å². The Hall–Kier alpha value is -0.940. The molecule has 1 aliphatic heterocycles. The zero-order valence-corrected chi connectivity index (χ0v) is 10.3. The molecule has 2 rings (SSSR count). The molecule has 2 heterocycles. The maximum atomic E-state index is 12.1. The van der Waals surface area contributed by atoms with Gasteiger partial charge in [-0.2, -0.15) is 0 Å². The molecule has 0 aliphatic carbocycles. The van der Waals surface area contributed by atoms with Crippen LogP contribution in [0.2, 0.25) is 0 Å². The van der Waals surface area contributed by atoms with Crippen molar-refractivity contribution < 1.29 is 4.79 Å². The van der Waals surface area contributed by atoms with E-state index >= 15 is 0 Å². The first-order chi connectivity index (χ1) is 7.72. The van der Waals surface area contributed by atoms with Crippen molar-refractivity contribution in [1.29, 1.82) is 0 Å². The van der Waals surface area contributed by atoms with Gasteiger partial charge < -0.3 is 10.6 Å². The van der Waals surface area contributed by atoms with E-state index in [1.54, 1.807) is 5.51 Å². The van der Waals surface area contributed by atoms with E-state index in [9.17, 15) is 4.79 Å². The summed E-state index contributed by atoms with van der Waals surface area (Å²) in [5.41, 5.74) is 8.21. The number of carbonyl (C=O) groups is 1. The minimum atomic E-state index is 0.135. The van der Waals surface area contributed by atoms with Crippen molar-refractivity contribution in [3.63, 3.8) is 0 Å². The van der Waals surface area contributed by atoms with Gasteiger partial charge >= 0.3 is 0 Å². The second kappa shape index (κ2) is 4.93. The highest BCUT2D eigenvalue weighted by Crippen LogP contribution is 2.20. The Labute approximate surface area is 99.5 Å². The summed E-state index contributed by atoms with van der Waals surface area (Å²) in [5.74, 6) is 0.724. The molecule has 0 radical (unpaired) electrons. The number of likely N-dealkylation sites (tertiary alicyclic amines) is 1. The Balaban J connectivity index is 2.00. The predicted molar refractivity (Wildman–Crippen MR) is 64.5 cm³/mol. The van der Waals surface area contributed by atoms with Crippen molar-refractivity contribution in [2.75, 3.05) is 19.6 Å². The van der Waals surface area contributed by atoms with Gasteiger partial charge in [-0.15, -0.1) is 11.3 Å². The summed E-state index contributed by atoms with van der Waals surface area (Å²) in [6, 6.07) is 0. The highest BCUT2D eigenvalue weighted by atomic mass is 32.1. The lowest BCUT2D eigenvalue weighted by Gasteiger charge is -2.31. The molecule has 1 fully saturated rings. The predicted octanol–water partition coefficient (Wildman–Crippen LogP) is 1.26. The molecule has 1 saturated heterocycles. The largest absolute Gasteiger partial charge is 0.338 e. The first kappa shape index (κ1) is 11.5. The third-order valence-corrected chi connectivity index (χ3v) is 4.09. The summed E-state index contributed by atoms with van der Waals surface area (Å²) in [7, 11) is 0. The van der Waals surface area contributed by atoms with Gasteiger partial charge in [-0.1, -0.05) is 0 Å². The molecule has 88 valence electrons. The van der Waals surface area contributed by atoms with Crippen LogP contribution in [-0.2, 0) is 0 Å². The number of piperidine rings is 1. The number of nitrogens with zero attached hydrogens (tertiary/aromatic N) is 2. The molecule has 0 bridgehead atoms. The van der Waals surface area contributed by atoms with Crippen molar-refractivity contribution in [1.82, 2.24) is 9.88 Å². The highest BCUT2D eigenvalue weighted by molar-refractivity contribution is 7.11. The topological polar surface area (TPSA) is 59.2 Å². The molecule has 1 aromatic heterocycles. The number of nitrogens with two attached hydrogens (primary N) is 1. The van der Waals surface area contributed by atoms with Crippen LogP contribution in [0.5, 0.6) is 0 Å². The zero-order valence-electron chi connectivity index (χ0n) is 9.48. The minimum absolute atomic E-state index is 0.135. The van der Waals surface area contributed by atoms with E-state index in [-0.39, 0.29) is 5.91 Å². The monoisotopic (exact) mass is 239 g/mol. The van der Waals surface area contributed by atoms with Gasteiger partial charge in [-0.05, 0) is 32.2 Å². The van der Waals surface area contributed by atoms with E-state index in [4.69, 9.17) is 5.73 Å². The molecule has 1 amide bonds. The van der Waals surface area contributed by atoms with Gasteiger partial charge in [0.05, 0.1) is 11.2 Å². The Morgan fingerprint density at radius 1 is 1.62 bits per heavy atom. The summed E-state index contributed by atoms with van der Waals surface area (Å²) in [4.78, 5) is 19.0. The molecule has 0 aromatic carbocycles. The molecule has 4 nitrogen and oxygen atoms in total. The van der Waals surface area contributed by atoms with Gasteiger partial charge in [0, 0.05) is 13.1 Å². The van der Waals surface area contributed by atoms with Crippen molar-refractivity contribution >= 4 is 17.2 Å². The fraction of sp³-hybridized carbons (Fsp3) is 0.636. The molecule has 1 aliphatic rings. The Kier molecular flexibility index (Phi) is 3.56. The summed E-state index contributed by atoms with van der Waals surface area (Å²) >= 11 is 1.43. The lowest BCUT2D eigenvalue weighted by molar-refractivity contribution is 0.0697. The van der Waals surface area contributed by atoms with Crippen molar-refractivity contribution in [3.8, 4) is 0 Å². The van der Waals surface area contributed by atoms with Gasteiger partial charge in [-0.3, -0.25) is 4.79 Å². The van der Waals surface area contributed by atoms with Crippen molar-refractivity contribution in [2.45, 2.75) is 19.8 Å². The van der Waals surface area contributed by atoms with E-state index in [1.165, 1.54) is 11.3 Å². The van der Waals surface area contributed by atoms with Gasteiger partial charge in [-0.25, -0.2) is 4.98 Å². The van der Waals surface area contributed by atoms with Crippen LogP contribution < -0.4 is 5.73 Å². The summed E-state index contributed by atoms with van der Waals surface area (Å²) in [6.07, 6.45) is 2.06. The van der Waals surface area contributed by atoms with Crippen LogP contribution in [-0.4, -0.2) is 35.4 Å². The number of thiazole rings is 1. The average molecular weight is 239 g/mol. The number of hydrogen-bond acceptors (Lipinski definition) is 4. The van der Waals surface area contributed by atoms with Crippen LogP contribution in [0.3, 0.4) is 0 Å². The SMILES string of the molecule is Cc1ncsc1C(=O)N1CCC(CN)CC1. The van der Waals surface area contributed by atoms with E-state index in [0.717, 1.165) is 43.0 Å². The lowest BCUT2D eigenvalue weighted by atomic mass is 9.97. The fourth-order valence-electron chi connectivity index (χ4n) is 2.02. The van der Waals surface area contributed by atoms with Crippen LogP contribution >= 0.6 is 11.3 Å². The molecule has 16 heavy (non-hydrogen) atoms. The molecule has 1 aromatic rings. The Morgan fingerprint density at radius 3 is 2.81 bits per heavy atom. The lowest BCUT2D eigenvalue weighted by Crippen LogP contribution is -2.40. The molecule has 0 unspecified atom stereocenters. The average Bonchev–Trinajstić information content (AvgIpc) is 2.75. The molecule has 0 saturated carbocycles. The third kappa shape index (κ3) is 2.25. The van der Waals surface area contributed by atoms with Crippen LogP contribution in [0, 0.1) is 12.8 Å². The zero-order chi connectivity index (χ0) is 11.5. The van der Waals surface area contributed by atoms with Gasteiger partial charge in [0.15, 0.2) is 0 Å². The number of hydrogen-bond donors (Lipinski definition) is 1. The summed E-state index contributed by atoms with van der Waals surface area (Å²) in [5, 5.41) is 0. The van der Waals surface area contributed by atoms with Crippen LogP contribution in [0.25, 0.3) is 0 Å². The quantitative estimate of drug-likeness (QED) is 0.845. The molecule has 0 atom stereocenters. The third-order valence-electron chi connectivity index (χ3n) is 3.17. The standard InChI is InChI=1S/C11H17N3OS/c1-8-10(16-7-13-8)11(15)14-4-2-9(6-12)3-5-14/h7,9H,2-6,12H2,1H3. The summed E-state index contributed by atoms with van der Waals surface area (Å²) < 4.78 is 0. The molecule has 0 spiro atoms. The summed E-state index contributed by atoms with van der Waals surface area (Å²) in [6.45, 7) is 4.29. The van der Waals surface area contributed by atoms with Crippen LogP contribution in [0.15, 0.2) is 5.51 Å². The van der Waals surface area contributed by atoms with E-state index in [0.29, 0.717) is 5.92 Å². The van der Waals surface area contributed by atoms with Crippen LogP contribution in [0.4, 0.5) is 0 Å². The number of aryl methyl sites for hydroxylation is 1. The van der Waals surface area contributed by atoms with Gasteiger partial charge in [0.25, 0.3) is 5.91 Å². The Bertz CT molecular complexity index is 369. The van der Waals surface area contributed by atoms with E-state index in [1.807, 2.05) is 11.8 Å². The molecule has 2 N–H and O–H groups in total. The maximum absolute atomic E-state index is 12.1. The molecule has 5 heteroatoms. The van der Waals surface area contributed by atoms with Crippen molar-refractivity contribution in [2.24, 2.45) is 11.7 Å². The first-order valence-electron chi connectivity index (χ1n) is 5.61. The normalized spacial score (nSPS) is 17.8. The minimum Gasteiger partial charge on any atom is -0.338 e. The number of amides is 1. The molecular formula is C11H17N3OS. The second-order valence-corrected chi connectivity index (χ2v) is 5.09.